The summed E-state index contributed by atoms with van der Waals surface area (Å²) in [5.74, 6) is 0.0279. The van der Waals surface area contributed by atoms with Crippen LogP contribution in [0.15, 0.2) is 42.5 Å². The second kappa shape index (κ2) is 9.78. The highest BCUT2D eigenvalue weighted by atomic mass is 35.5. The Labute approximate surface area is 189 Å². The van der Waals surface area contributed by atoms with Crippen LogP contribution >= 0.6 is 11.6 Å². The second-order valence-electron chi connectivity index (χ2n) is 7.40. The summed E-state index contributed by atoms with van der Waals surface area (Å²) in [5.41, 5.74) is 2.46. The summed E-state index contributed by atoms with van der Waals surface area (Å²) in [6.45, 7) is 6.58. The maximum atomic E-state index is 12.8. The molecule has 2 aromatic rings. The smallest absolute Gasteiger partial charge is 0.261 e. The summed E-state index contributed by atoms with van der Waals surface area (Å²) >= 11 is 6.05. The van der Waals surface area contributed by atoms with E-state index in [0.29, 0.717) is 23.0 Å². The van der Waals surface area contributed by atoms with Crippen LogP contribution in [0.4, 0.5) is 11.4 Å². The molecule has 0 fully saturated rings. The number of anilines is 2. The fourth-order valence-electron chi connectivity index (χ4n) is 3.60. The van der Waals surface area contributed by atoms with Crippen LogP contribution in [-0.4, -0.2) is 46.3 Å². The lowest BCUT2D eigenvalue weighted by molar-refractivity contribution is -0.128. The minimum atomic E-state index is -3.54. The van der Waals surface area contributed by atoms with E-state index in [4.69, 9.17) is 16.3 Å². The van der Waals surface area contributed by atoms with Crippen molar-refractivity contribution in [3.05, 3.63) is 53.1 Å². The number of hydrogen-bond acceptors (Lipinski definition) is 5. The molecule has 0 bridgehead atoms. The molecular weight excluding hydrogens is 438 g/mol. The minimum Gasteiger partial charge on any atom is -0.478 e. The highest BCUT2D eigenvalue weighted by Gasteiger charge is 2.31. The van der Waals surface area contributed by atoms with Gasteiger partial charge in [-0.2, -0.15) is 0 Å². The first-order chi connectivity index (χ1) is 14.7. The SMILES string of the molecule is CCN(CC)c1ccc(CNC(=O)[C@@H]2CCN(S(C)(=O)=O)c3cc(Cl)ccc3O2)cc1. The third kappa shape index (κ3) is 5.62. The molecule has 168 valence electrons. The van der Waals surface area contributed by atoms with Gasteiger partial charge in [-0.15, -0.1) is 0 Å². The molecule has 7 nitrogen and oxygen atoms in total. The van der Waals surface area contributed by atoms with E-state index in [1.165, 1.54) is 10.4 Å². The van der Waals surface area contributed by atoms with Crippen LogP contribution < -0.4 is 19.3 Å². The van der Waals surface area contributed by atoms with Crippen molar-refractivity contribution in [2.75, 3.05) is 35.1 Å². The van der Waals surface area contributed by atoms with Gasteiger partial charge < -0.3 is 15.0 Å². The summed E-state index contributed by atoms with van der Waals surface area (Å²) in [4.78, 5) is 15.0. The van der Waals surface area contributed by atoms with Gasteiger partial charge in [-0.25, -0.2) is 8.42 Å². The molecule has 3 rings (SSSR count). The molecule has 0 spiro atoms. The van der Waals surface area contributed by atoms with Gasteiger partial charge in [0.25, 0.3) is 5.91 Å². The monoisotopic (exact) mass is 465 g/mol. The van der Waals surface area contributed by atoms with Crippen LogP contribution in [-0.2, 0) is 21.4 Å². The van der Waals surface area contributed by atoms with Crippen molar-refractivity contribution in [2.45, 2.75) is 32.9 Å². The van der Waals surface area contributed by atoms with Crippen molar-refractivity contribution in [3.63, 3.8) is 0 Å². The molecule has 0 unspecified atom stereocenters. The Hall–Kier alpha value is -2.45. The van der Waals surface area contributed by atoms with Gasteiger partial charge in [0, 0.05) is 43.3 Å². The van der Waals surface area contributed by atoms with E-state index in [1.807, 2.05) is 24.3 Å². The number of amides is 1. The third-order valence-corrected chi connectivity index (χ3v) is 6.69. The van der Waals surface area contributed by atoms with Gasteiger partial charge >= 0.3 is 0 Å². The van der Waals surface area contributed by atoms with E-state index in [9.17, 15) is 13.2 Å². The Balaban J connectivity index is 1.69. The molecule has 0 saturated heterocycles. The number of halogens is 1. The van der Waals surface area contributed by atoms with E-state index >= 15 is 0 Å². The number of benzene rings is 2. The van der Waals surface area contributed by atoms with Crippen LogP contribution in [0, 0.1) is 0 Å². The summed E-state index contributed by atoms with van der Waals surface area (Å²) in [5, 5.41) is 3.29. The summed E-state index contributed by atoms with van der Waals surface area (Å²) < 4.78 is 31.6. The quantitative estimate of drug-likeness (QED) is 0.677. The van der Waals surface area contributed by atoms with Gasteiger partial charge in [0.2, 0.25) is 10.0 Å². The van der Waals surface area contributed by atoms with E-state index in [-0.39, 0.29) is 18.9 Å². The highest BCUT2D eigenvalue weighted by molar-refractivity contribution is 7.92. The van der Waals surface area contributed by atoms with Crippen molar-refractivity contribution in [1.82, 2.24) is 5.32 Å². The maximum absolute atomic E-state index is 12.8. The Morgan fingerprint density at radius 2 is 1.87 bits per heavy atom. The number of carbonyl (C=O) groups is 1. The van der Waals surface area contributed by atoms with Crippen LogP contribution in [0.3, 0.4) is 0 Å². The lowest BCUT2D eigenvalue weighted by Gasteiger charge is -2.21. The molecule has 1 amide bonds. The number of nitrogens with zero attached hydrogens (tertiary/aromatic N) is 2. The lowest BCUT2D eigenvalue weighted by atomic mass is 10.1. The molecule has 1 N–H and O–H groups in total. The fraction of sp³-hybridized carbons (Fsp3) is 0.409. The number of rotatable bonds is 7. The molecule has 1 aliphatic heterocycles. The van der Waals surface area contributed by atoms with Crippen LogP contribution in [0.25, 0.3) is 0 Å². The number of fused-ring (bicyclic) bond motifs is 1. The number of sulfonamides is 1. The normalized spacial score (nSPS) is 16.1. The topological polar surface area (TPSA) is 79.0 Å². The predicted octanol–water partition coefficient (Wildman–Crippen LogP) is 3.42. The third-order valence-electron chi connectivity index (χ3n) is 5.28. The predicted molar refractivity (Wildman–Crippen MR) is 125 cm³/mol. The van der Waals surface area contributed by atoms with Gasteiger partial charge in [0.05, 0.1) is 11.9 Å². The number of ether oxygens (including phenoxy) is 1. The van der Waals surface area contributed by atoms with Crippen molar-refractivity contribution in [2.24, 2.45) is 0 Å². The molecule has 1 aliphatic rings. The standard InChI is InChI=1S/C22H28ClN3O4S/c1-4-25(5-2)18-9-6-16(7-10-18)15-24-22(27)21-12-13-26(31(3,28)29)19-14-17(23)8-11-20(19)30-21/h6-11,14,21H,4-5,12-13,15H2,1-3H3,(H,24,27)/t21-/m0/s1. The summed E-state index contributed by atoms with van der Waals surface area (Å²) in [7, 11) is -3.54. The first-order valence-electron chi connectivity index (χ1n) is 10.3. The van der Waals surface area contributed by atoms with Crippen molar-refractivity contribution >= 4 is 38.9 Å². The molecule has 1 atom stereocenters. The Kier molecular flexibility index (Phi) is 7.33. The van der Waals surface area contributed by atoms with Crippen molar-refractivity contribution in [3.8, 4) is 5.75 Å². The molecule has 2 aromatic carbocycles. The van der Waals surface area contributed by atoms with Crippen molar-refractivity contribution < 1.29 is 17.9 Å². The fourth-order valence-corrected chi connectivity index (χ4v) is 4.70. The van der Waals surface area contributed by atoms with Gasteiger partial charge in [-0.1, -0.05) is 23.7 Å². The van der Waals surface area contributed by atoms with Gasteiger partial charge in [0.15, 0.2) is 6.10 Å². The first-order valence-corrected chi connectivity index (χ1v) is 12.5. The van der Waals surface area contributed by atoms with Gasteiger partial charge in [-0.05, 0) is 49.7 Å². The lowest BCUT2D eigenvalue weighted by Crippen LogP contribution is -2.39. The van der Waals surface area contributed by atoms with Crippen molar-refractivity contribution in [1.29, 1.82) is 0 Å². The highest BCUT2D eigenvalue weighted by Crippen LogP contribution is 2.36. The molecule has 31 heavy (non-hydrogen) atoms. The Bertz CT molecular complexity index is 1020. The Morgan fingerprint density at radius 1 is 1.19 bits per heavy atom. The molecule has 0 radical (unpaired) electrons. The minimum absolute atomic E-state index is 0.128. The zero-order valence-electron chi connectivity index (χ0n) is 18.0. The first kappa shape index (κ1) is 23.2. The van der Waals surface area contributed by atoms with Gasteiger partial charge in [-0.3, -0.25) is 9.10 Å². The summed E-state index contributed by atoms with van der Waals surface area (Å²) in [6, 6.07) is 12.8. The average Bonchev–Trinajstić information content (AvgIpc) is 2.93. The number of nitrogens with one attached hydrogen (secondary N) is 1. The second-order valence-corrected chi connectivity index (χ2v) is 9.74. The van der Waals surface area contributed by atoms with E-state index < -0.39 is 16.1 Å². The molecule has 0 aromatic heterocycles. The van der Waals surface area contributed by atoms with Crippen LogP contribution in [0.1, 0.15) is 25.8 Å². The van der Waals surface area contributed by atoms with Crippen LogP contribution in [0.5, 0.6) is 5.75 Å². The molecule has 9 heteroatoms. The largest absolute Gasteiger partial charge is 0.478 e. The molecule has 0 aliphatic carbocycles. The average molecular weight is 466 g/mol. The van der Waals surface area contributed by atoms with E-state index in [0.717, 1.165) is 30.6 Å². The number of carbonyl (C=O) groups excluding carboxylic acids is 1. The number of hydrogen-bond donors (Lipinski definition) is 1. The maximum Gasteiger partial charge on any atom is 0.261 e. The Morgan fingerprint density at radius 3 is 2.48 bits per heavy atom. The molecule has 1 heterocycles. The summed E-state index contributed by atoms with van der Waals surface area (Å²) in [6.07, 6.45) is 0.549. The van der Waals surface area contributed by atoms with Gasteiger partial charge in [0.1, 0.15) is 5.75 Å². The van der Waals surface area contributed by atoms with E-state index in [2.05, 4.69) is 24.1 Å². The molecule has 0 saturated carbocycles. The zero-order valence-corrected chi connectivity index (χ0v) is 19.5. The zero-order chi connectivity index (χ0) is 22.6. The van der Waals surface area contributed by atoms with E-state index in [1.54, 1.807) is 12.1 Å². The molecular formula is C22H28ClN3O4S. The van der Waals surface area contributed by atoms with Crippen LogP contribution in [0.2, 0.25) is 5.02 Å².